The van der Waals surface area contributed by atoms with E-state index in [2.05, 4.69) is 16.3 Å². The zero-order valence-corrected chi connectivity index (χ0v) is 14.7. The molecule has 0 bridgehead atoms. The second-order valence-corrected chi connectivity index (χ2v) is 6.60. The zero-order chi connectivity index (χ0) is 18.3. The summed E-state index contributed by atoms with van der Waals surface area (Å²) in [6.07, 6.45) is 0. The third kappa shape index (κ3) is 2.61. The normalized spacial score (nSPS) is 16.0. The maximum absolute atomic E-state index is 9.68. The van der Waals surface area contributed by atoms with Crippen LogP contribution in [-0.2, 0) is 0 Å². The number of H-pyrrole nitrogens is 1. The van der Waals surface area contributed by atoms with Gasteiger partial charge in [0.15, 0.2) is 0 Å². The minimum absolute atomic E-state index is 0.0712. The highest BCUT2D eigenvalue weighted by atomic mass is 35.5. The lowest BCUT2D eigenvalue weighted by Gasteiger charge is -2.24. The number of aromatic amines is 1. The molecule has 0 fully saturated rings. The smallest absolute Gasteiger partial charge is 0.244 e. The van der Waals surface area contributed by atoms with Crippen molar-refractivity contribution < 1.29 is 4.74 Å². The van der Waals surface area contributed by atoms with Crippen molar-refractivity contribution in [1.29, 1.82) is 5.26 Å². The van der Waals surface area contributed by atoms with E-state index in [1.807, 2.05) is 43.3 Å². The number of ether oxygens (including phenoxy) is 1. The summed E-state index contributed by atoms with van der Waals surface area (Å²) in [7, 11) is 0. The molecule has 0 saturated heterocycles. The summed E-state index contributed by atoms with van der Waals surface area (Å²) in [5.41, 5.74) is 11.0. The summed E-state index contributed by atoms with van der Waals surface area (Å²) in [5.74, 6) is 0.0787. The second-order valence-electron chi connectivity index (χ2n) is 6.16. The highest BCUT2D eigenvalue weighted by Gasteiger charge is 2.35. The van der Waals surface area contributed by atoms with Crippen LogP contribution in [0.4, 0.5) is 0 Å². The van der Waals surface area contributed by atoms with Gasteiger partial charge in [-0.2, -0.15) is 5.26 Å². The molecule has 1 aliphatic heterocycles. The highest BCUT2D eigenvalue weighted by Crippen LogP contribution is 2.45. The lowest BCUT2D eigenvalue weighted by molar-refractivity contribution is 0.379. The number of aryl methyl sites for hydroxylation is 1. The van der Waals surface area contributed by atoms with Gasteiger partial charge in [0.05, 0.1) is 17.2 Å². The van der Waals surface area contributed by atoms with Crippen LogP contribution in [-0.4, -0.2) is 10.2 Å². The molecule has 0 amide bonds. The molecular weight excluding hydrogens is 348 g/mol. The molecule has 0 radical (unpaired) electrons. The molecule has 128 valence electrons. The fourth-order valence-electron chi connectivity index (χ4n) is 3.17. The number of allylic oxidation sites excluding steroid dienone is 1. The summed E-state index contributed by atoms with van der Waals surface area (Å²) in [6, 6.07) is 17.6. The Morgan fingerprint density at radius 3 is 2.50 bits per heavy atom. The molecule has 26 heavy (non-hydrogen) atoms. The van der Waals surface area contributed by atoms with Crippen LogP contribution in [0, 0.1) is 18.3 Å². The van der Waals surface area contributed by atoms with Gasteiger partial charge in [0.1, 0.15) is 11.6 Å². The van der Waals surface area contributed by atoms with Gasteiger partial charge in [0.2, 0.25) is 11.8 Å². The van der Waals surface area contributed by atoms with Crippen molar-refractivity contribution in [2.75, 3.05) is 0 Å². The van der Waals surface area contributed by atoms with Crippen molar-refractivity contribution in [2.24, 2.45) is 5.73 Å². The molecule has 4 rings (SSSR count). The molecule has 1 atom stereocenters. The molecule has 0 aliphatic carbocycles. The van der Waals surface area contributed by atoms with E-state index in [-0.39, 0.29) is 11.8 Å². The molecule has 0 spiro atoms. The number of nitrogens with zero attached hydrogens (tertiary/aromatic N) is 2. The van der Waals surface area contributed by atoms with Crippen LogP contribution in [0.25, 0.3) is 11.3 Å². The van der Waals surface area contributed by atoms with Gasteiger partial charge in [-0.3, -0.25) is 5.10 Å². The Hall–Kier alpha value is -3.23. The minimum Gasteiger partial charge on any atom is -0.420 e. The number of nitriles is 1. The first-order valence-electron chi connectivity index (χ1n) is 8.07. The van der Waals surface area contributed by atoms with E-state index in [9.17, 15) is 5.26 Å². The number of nitrogens with two attached hydrogens (primary N) is 1. The Bertz CT molecular complexity index is 1040. The van der Waals surface area contributed by atoms with Gasteiger partial charge in [0.25, 0.3) is 0 Å². The lowest BCUT2D eigenvalue weighted by atomic mass is 9.83. The Morgan fingerprint density at radius 1 is 1.15 bits per heavy atom. The van der Waals surface area contributed by atoms with Crippen molar-refractivity contribution in [3.8, 4) is 23.2 Å². The average Bonchev–Trinajstić information content (AvgIpc) is 3.05. The fourth-order valence-corrected chi connectivity index (χ4v) is 3.30. The van der Waals surface area contributed by atoms with Crippen molar-refractivity contribution in [1.82, 2.24) is 10.2 Å². The largest absolute Gasteiger partial charge is 0.420 e. The number of benzene rings is 2. The van der Waals surface area contributed by atoms with Gasteiger partial charge in [-0.25, -0.2) is 0 Å². The van der Waals surface area contributed by atoms with Crippen LogP contribution in [0.2, 0.25) is 5.02 Å². The van der Waals surface area contributed by atoms with Gasteiger partial charge in [-0.15, -0.1) is 5.10 Å². The van der Waals surface area contributed by atoms with Gasteiger partial charge < -0.3 is 10.5 Å². The van der Waals surface area contributed by atoms with Crippen molar-refractivity contribution in [2.45, 2.75) is 12.8 Å². The standard InChI is InChI=1S/C20H15ClN4O/c1-11-2-4-13(5-3-11)18-17-16(12-6-8-14(21)9-7-12)15(10-22)19(23)26-20(17)25-24-18/h2-9,16H,23H2,1H3,(H,24,25)/t16-/m1/s1. The molecule has 1 aromatic heterocycles. The summed E-state index contributed by atoms with van der Waals surface area (Å²) in [5, 5.41) is 17.6. The van der Waals surface area contributed by atoms with Crippen LogP contribution in [0.15, 0.2) is 60.0 Å². The third-order valence-corrected chi connectivity index (χ3v) is 4.73. The Balaban J connectivity index is 1.93. The van der Waals surface area contributed by atoms with Crippen molar-refractivity contribution in [3.05, 3.63) is 81.7 Å². The Kier molecular flexibility index (Phi) is 3.90. The lowest BCUT2D eigenvalue weighted by Crippen LogP contribution is -2.20. The molecule has 1 aliphatic rings. The number of hydrogen-bond acceptors (Lipinski definition) is 4. The molecular formula is C20H15ClN4O. The summed E-state index contributed by atoms with van der Waals surface area (Å²) >= 11 is 6.03. The monoisotopic (exact) mass is 362 g/mol. The zero-order valence-electron chi connectivity index (χ0n) is 14.0. The van der Waals surface area contributed by atoms with Crippen LogP contribution in [0.3, 0.4) is 0 Å². The van der Waals surface area contributed by atoms with E-state index in [0.29, 0.717) is 16.5 Å². The third-order valence-electron chi connectivity index (χ3n) is 4.48. The van der Waals surface area contributed by atoms with Crippen LogP contribution in [0.5, 0.6) is 5.88 Å². The number of hydrogen-bond donors (Lipinski definition) is 2. The van der Waals surface area contributed by atoms with Crippen LogP contribution < -0.4 is 10.5 Å². The van der Waals surface area contributed by atoms with E-state index in [4.69, 9.17) is 22.1 Å². The quantitative estimate of drug-likeness (QED) is 0.713. The number of nitrogens with one attached hydrogen (secondary N) is 1. The first-order valence-corrected chi connectivity index (χ1v) is 8.44. The molecule has 3 aromatic rings. The Labute approximate surface area is 155 Å². The fraction of sp³-hybridized carbons (Fsp3) is 0.100. The number of rotatable bonds is 2. The SMILES string of the molecule is Cc1ccc(-c2[nH]nc3c2[C@H](c2ccc(Cl)cc2)C(C#N)=C(N)O3)cc1. The Morgan fingerprint density at radius 2 is 1.85 bits per heavy atom. The first-order chi connectivity index (χ1) is 12.6. The summed E-state index contributed by atoms with van der Waals surface area (Å²) in [6.45, 7) is 2.03. The molecule has 0 unspecified atom stereocenters. The topological polar surface area (TPSA) is 87.7 Å². The molecule has 2 aromatic carbocycles. The summed E-state index contributed by atoms with van der Waals surface area (Å²) in [4.78, 5) is 0. The summed E-state index contributed by atoms with van der Waals surface area (Å²) < 4.78 is 5.60. The van der Waals surface area contributed by atoms with E-state index >= 15 is 0 Å². The van der Waals surface area contributed by atoms with Crippen LogP contribution in [0.1, 0.15) is 22.6 Å². The van der Waals surface area contributed by atoms with Gasteiger partial charge in [-0.05, 0) is 24.6 Å². The molecule has 5 nitrogen and oxygen atoms in total. The number of halogens is 1. The second kappa shape index (κ2) is 6.25. The average molecular weight is 363 g/mol. The van der Waals surface area contributed by atoms with Gasteiger partial charge in [-0.1, -0.05) is 53.6 Å². The highest BCUT2D eigenvalue weighted by molar-refractivity contribution is 6.30. The molecule has 6 heteroatoms. The van der Waals surface area contributed by atoms with E-state index < -0.39 is 0 Å². The molecule has 3 N–H and O–H groups in total. The number of aromatic nitrogens is 2. The predicted octanol–water partition coefficient (Wildman–Crippen LogP) is 4.26. The van der Waals surface area contributed by atoms with Crippen molar-refractivity contribution in [3.63, 3.8) is 0 Å². The van der Waals surface area contributed by atoms with Gasteiger partial charge >= 0.3 is 0 Å². The van der Waals surface area contributed by atoms with Crippen molar-refractivity contribution >= 4 is 11.6 Å². The van der Waals surface area contributed by atoms with E-state index in [0.717, 1.165) is 27.9 Å². The predicted molar refractivity (Wildman–Crippen MR) is 99.5 cm³/mol. The molecule has 2 heterocycles. The van der Waals surface area contributed by atoms with Gasteiger partial charge in [0, 0.05) is 10.6 Å². The minimum atomic E-state index is -0.379. The van der Waals surface area contributed by atoms with E-state index in [1.54, 1.807) is 12.1 Å². The first kappa shape index (κ1) is 16.2. The molecule has 0 saturated carbocycles. The maximum Gasteiger partial charge on any atom is 0.244 e. The number of fused-ring (bicyclic) bond motifs is 1. The maximum atomic E-state index is 9.68. The van der Waals surface area contributed by atoms with E-state index in [1.165, 1.54) is 0 Å². The van der Waals surface area contributed by atoms with Crippen LogP contribution >= 0.6 is 11.6 Å².